The highest BCUT2D eigenvalue weighted by Crippen LogP contribution is 2.23. The quantitative estimate of drug-likeness (QED) is 0.448. The van der Waals surface area contributed by atoms with Crippen molar-refractivity contribution in [2.24, 2.45) is 0 Å². The van der Waals surface area contributed by atoms with Crippen molar-refractivity contribution in [2.45, 2.75) is 4.90 Å². The van der Waals surface area contributed by atoms with E-state index in [1.807, 2.05) is 6.07 Å². The summed E-state index contributed by atoms with van der Waals surface area (Å²) >= 11 is 7.22. The van der Waals surface area contributed by atoms with Gasteiger partial charge in [0.05, 0.1) is 11.3 Å². The minimum Gasteiger partial charge on any atom is -0.478 e. The van der Waals surface area contributed by atoms with E-state index < -0.39 is 5.97 Å². The number of benzene rings is 3. The Kier molecular flexibility index (Phi) is 7.11. The van der Waals surface area contributed by atoms with Gasteiger partial charge in [-0.25, -0.2) is 4.79 Å². The maximum absolute atomic E-state index is 12.3. The first-order valence-electron chi connectivity index (χ1n) is 8.84. The number of aromatic carboxylic acids is 1. The standard InChI is InChI=1S/C22H17ClN2O4S/c23-16-6-1-4-14(10-16)21(27)25-18-8-3-9-19(12-18)30-13-20(26)24-17-7-2-5-15(11-17)22(28)29/h1-12H,13H2,(H,24,26)(H,25,27)(H,28,29). The Morgan fingerprint density at radius 1 is 0.833 bits per heavy atom. The van der Waals surface area contributed by atoms with Gasteiger partial charge in [0, 0.05) is 26.9 Å². The molecule has 0 aliphatic heterocycles. The number of halogens is 1. The van der Waals surface area contributed by atoms with Gasteiger partial charge in [0.1, 0.15) is 0 Å². The van der Waals surface area contributed by atoms with Crippen LogP contribution in [0.3, 0.4) is 0 Å². The molecule has 3 aromatic carbocycles. The third-order valence-corrected chi connectivity index (χ3v) is 5.17. The van der Waals surface area contributed by atoms with E-state index in [2.05, 4.69) is 10.6 Å². The van der Waals surface area contributed by atoms with Crippen molar-refractivity contribution in [1.82, 2.24) is 0 Å². The number of anilines is 2. The van der Waals surface area contributed by atoms with Crippen molar-refractivity contribution >= 4 is 52.5 Å². The first-order chi connectivity index (χ1) is 14.4. The monoisotopic (exact) mass is 440 g/mol. The van der Waals surface area contributed by atoms with Gasteiger partial charge in [0.2, 0.25) is 5.91 Å². The number of rotatable bonds is 7. The number of carboxylic acids is 1. The Hall–Kier alpha value is -3.29. The average molecular weight is 441 g/mol. The molecule has 2 amide bonds. The van der Waals surface area contributed by atoms with Crippen LogP contribution in [0.4, 0.5) is 11.4 Å². The fourth-order valence-corrected chi connectivity index (χ4v) is 3.52. The van der Waals surface area contributed by atoms with Gasteiger partial charge in [-0.1, -0.05) is 29.8 Å². The van der Waals surface area contributed by atoms with E-state index in [4.69, 9.17) is 16.7 Å². The van der Waals surface area contributed by atoms with Crippen LogP contribution in [0.1, 0.15) is 20.7 Å². The van der Waals surface area contributed by atoms with Crippen molar-refractivity contribution in [3.63, 3.8) is 0 Å². The molecule has 3 rings (SSSR count). The summed E-state index contributed by atoms with van der Waals surface area (Å²) in [5.74, 6) is -1.48. The zero-order valence-corrected chi connectivity index (χ0v) is 17.2. The first-order valence-corrected chi connectivity index (χ1v) is 10.2. The molecule has 8 heteroatoms. The van der Waals surface area contributed by atoms with Crippen molar-refractivity contribution in [2.75, 3.05) is 16.4 Å². The maximum Gasteiger partial charge on any atom is 0.335 e. The minimum atomic E-state index is -1.06. The number of carbonyl (C=O) groups is 3. The third-order valence-electron chi connectivity index (χ3n) is 3.94. The first kappa shape index (κ1) is 21.4. The molecule has 0 aliphatic rings. The van der Waals surface area contributed by atoms with Crippen molar-refractivity contribution in [1.29, 1.82) is 0 Å². The summed E-state index contributed by atoms with van der Waals surface area (Å²) in [6.07, 6.45) is 0. The lowest BCUT2D eigenvalue weighted by Crippen LogP contribution is -2.14. The van der Waals surface area contributed by atoms with Gasteiger partial charge in [-0.3, -0.25) is 9.59 Å². The van der Waals surface area contributed by atoms with Gasteiger partial charge in [0.25, 0.3) is 5.91 Å². The van der Waals surface area contributed by atoms with E-state index in [-0.39, 0.29) is 23.1 Å². The van der Waals surface area contributed by atoms with E-state index >= 15 is 0 Å². The summed E-state index contributed by atoms with van der Waals surface area (Å²) in [6.45, 7) is 0. The molecular formula is C22H17ClN2O4S. The molecule has 0 radical (unpaired) electrons. The van der Waals surface area contributed by atoms with Crippen LogP contribution in [0.15, 0.2) is 77.7 Å². The Bertz CT molecular complexity index is 1100. The molecule has 0 aliphatic carbocycles. The lowest BCUT2D eigenvalue weighted by molar-refractivity contribution is -0.113. The zero-order chi connectivity index (χ0) is 21.5. The van der Waals surface area contributed by atoms with Crippen molar-refractivity contribution < 1.29 is 19.5 Å². The number of hydrogen-bond acceptors (Lipinski definition) is 4. The van der Waals surface area contributed by atoms with Crippen LogP contribution in [0.2, 0.25) is 5.02 Å². The summed E-state index contributed by atoms with van der Waals surface area (Å²) in [5, 5.41) is 15.0. The highest BCUT2D eigenvalue weighted by molar-refractivity contribution is 8.00. The Balaban J connectivity index is 1.57. The number of amides is 2. The van der Waals surface area contributed by atoms with E-state index in [1.54, 1.807) is 54.6 Å². The van der Waals surface area contributed by atoms with Crippen LogP contribution in [0, 0.1) is 0 Å². The smallest absolute Gasteiger partial charge is 0.335 e. The molecule has 6 nitrogen and oxygen atoms in total. The molecule has 3 N–H and O–H groups in total. The highest BCUT2D eigenvalue weighted by atomic mass is 35.5. The van der Waals surface area contributed by atoms with Gasteiger partial charge in [-0.15, -0.1) is 11.8 Å². The second kappa shape index (κ2) is 9.96. The van der Waals surface area contributed by atoms with Gasteiger partial charge in [-0.05, 0) is 54.6 Å². The second-order valence-electron chi connectivity index (χ2n) is 6.22. The lowest BCUT2D eigenvalue weighted by atomic mass is 10.2. The fraction of sp³-hybridized carbons (Fsp3) is 0.0455. The predicted molar refractivity (Wildman–Crippen MR) is 119 cm³/mol. The van der Waals surface area contributed by atoms with Crippen LogP contribution in [-0.2, 0) is 4.79 Å². The van der Waals surface area contributed by atoms with Crippen LogP contribution in [-0.4, -0.2) is 28.6 Å². The van der Waals surface area contributed by atoms with Crippen molar-refractivity contribution in [3.05, 3.63) is 88.9 Å². The molecule has 0 spiro atoms. The molecule has 0 atom stereocenters. The minimum absolute atomic E-state index is 0.101. The zero-order valence-electron chi connectivity index (χ0n) is 15.6. The maximum atomic E-state index is 12.3. The molecular weight excluding hydrogens is 424 g/mol. The Morgan fingerprint density at radius 2 is 1.50 bits per heavy atom. The molecule has 3 aromatic rings. The fourth-order valence-electron chi connectivity index (χ4n) is 2.57. The summed E-state index contributed by atoms with van der Waals surface area (Å²) in [5.41, 5.74) is 1.56. The molecule has 0 aromatic heterocycles. The summed E-state index contributed by atoms with van der Waals surface area (Å²) in [7, 11) is 0. The van der Waals surface area contributed by atoms with E-state index in [1.165, 1.54) is 23.9 Å². The second-order valence-corrected chi connectivity index (χ2v) is 7.70. The van der Waals surface area contributed by atoms with Crippen LogP contribution < -0.4 is 10.6 Å². The van der Waals surface area contributed by atoms with Crippen molar-refractivity contribution in [3.8, 4) is 0 Å². The summed E-state index contributed by atoms with van der Waals surface area (Å²) in [6, 6.07) is 19.8. The predicted octanol–water partition coefficient (Wildman–Crippen LogP) is 5.02. The molecule has 0 bridgehead atoms. The molecule has 0 fully saturated rings. The number of thioether (sulfide) groups is 1. The number of hydrogen-bond donors (Lipinski definition) is 3. The number of carboxylic acid groups (broad SMARTS) is 1. The molecule has 152 valence electrons. The van der Waals surface area contributed by atoms with Gasteiger partial charge in [0.15, 0.2) is 0 Å². The van der Waals surface area contributed by atoms with E-state index in [0.29, 0.717) is 22.0 Å². The highest BCUT2D eigenvalue weighted by Gasteiger charge is 2.09. The summed E-state index contributed by atoms with van der Waals surface area (Å²) < 4.78 is 0. The molecule has 30 heavy (non-hydrogen) atoms. The van der Waals surface area contributed by atoms with Gasteiger partial charge < -0.3 is 15.7 Å². The number of nitrogens with one attached hydrogen (secondary N) is 2. The number of carbonyl (C=O) groups excluding carboxylic acids is 2. The van der Waals surface area contributed by atoms with E-state index in [9.17, 15) is 14.4 Å². The molecule has 0 saturated heterocycles. The van der Waals surface area contributed by atoms with Crippen LogP contribution in [0.25, 0.3) is 0 Å². The van der Waals surface area contributed by atoms with Crippen LogP contribution in [0.5, 0.6) is 0 Å². The molecule has 0 saturated carbocycles. The molecule has 0 unspecified atom stereocenters. The van der Waals surface area contributed by atoms with Crippen LogP contribution >= 0.6 is 23.4 Å². The van der Waals surface area contributed by atoms with E-state index in [0.717, 1.165) is 4.90 Å². The molecule has 0 heterocycles. The summed E-state index contributed by atoms with van der Waals surface area (Å²) in [4.78, 5) is 36.3. The third kappa shape index (κ3) is 6.10. The Labute approximate surface area is 182 Å². The normalized spacial score (nSPS) is 10.3. The van der Waals surface area contributed by atoms with Gasteiger partial charge >= 0.3 is 5.97 Å². The lowest BCUT2D eigenvalue weighted by Gasteiger charge is -2.09. The Morgan fingerprint density at radius 3 is 2.23 bits per heavy atom. The average Bonchev–Trinajstić information content (AvgIpc) is 2.73. The topological polar surface area (TPSA) is 95.5 Å². The largest absolute Gasteiger partial charge is 0.478 e. The van der Waals surface area contributed by atoms with Gasteiger partial charge in [-0.2, -0.15) is 0 Å². The SMILES string of the molecule is O=C(CSc1cccc(NC(=O)c2cccc(Cl)c2)c1)Nc1cccc(C(=O)O)c1.